The molecule has 212 valence electrons. The van der Waals surface area contributed by atoms with Crippen LogP contribution in [-0.4, -0.2) is 78.3 Å². The fourth-order valence-electron chi connectivity index (χ4n) is 5.80. The number of hydrogen-bond acceptors (Lipinski definition) is 7. The average Bonchev–Trinajstić information content (AvgIpc) is 3.31. The first-order valence-electron chi connectivity index (χ1n) is 13.5. The smallest absolute Gasteiger partial charge is 0.247 e. The summed E-state index contributed by atoms with van der Waals surface area (Å²) in [5.74, 6) is -1.30. The highest BCUT2D eigenvalue weighted by Crippen LogP contribution is 2.51. The van der Waals surface area contributed by atoms with Crippen LogP contribution in [0.15, 0.2) is 48.0 Å². The highest BCUT2D eigenvalue weighted by Gasteiger charge is 2.52. The normalized spacial score (nSPS) is 23.1. The number of carbonyl (C=O) groups is 3. The Morgan fingerprint density at radius 3 is 2.70 bits per heavy atom. The molecule has 0 aromatic heterocycles. The first kappa shape index (κ1) is 27.8. The van der Waals surface area contributed by atoms with Gasteiger partial charge in [-0.3, -0.25) is 14.4 Å². The summed E-state index contributed by atoms with van der Waals surface area (Å²) in [6.07, 6.45) is 2.88. The molecule has 10 heteroatoms. The summed E-state index contributed by atoms with van der Waals surface area (Å²) in [5.41, 5.74) is 1.80. The molecule has 3 aliphatic rings. The molecule has 1 aliphatic heterocycles. The van der Waals surface area contributed by atoms with E-state index in [1.165, 1.54) is 25.3 Å². The number of rotatable bonds is 10. The fraction of sp³-hybridized carbons (Fsp3) is 0.433. The zero-order chi connectivity index (χ0) is 28.4. The minimum absolute atomic E-state index is 0.0104. The van der Waals surface area contributed by atoms with Crippen LogP contribution in [0.25, 0.3) is 0 Å². The Balaban J connectivity index is 1.55. The lowest BCUT2D eigenvalue weighted by Gasteiger charge is -2.43. The third-order valence-electron chi connectivity index (χ3n) is 8.04. The molecule has 1 heterocycles. The lowest BCUT2D eigenvalue weighted by Crippen LogP contribution is -2.57. The Morgan fingerprint density at radius 1 is 1.25 bits per heavy atom. The van der Waals surface area contributed by atoms with Gasteiger partial charge in [-0.2, -0.15) is 0 Å². The summed E-state index contributed by atoms with van der Waals surface area (Å²) in [7, 11) is 1.44. The second-order valence-corrected chi connectivity index (χ2v) is 10.4. The zero-order valence-corrected chi connectivity index (χ0v) is 22.2. The Morgan fingerprint density at radius 2 is 2.05 bits per heavy atom. The highest BCUT2D eigenvalue weighted by atomic mass is 19.1. The van der Waals surface area contributed by atoms with Crippen molar-refractivity contribution in [2.75, 3.05) is 26.8 Å². The van der Waals surface area contributed by atoms with E-state index in [1.807, 2.05) is 0 Å². The van der Waals surface area contributed by atoms with Crippen LogP contribution in [0.3, 0.4) is 0 Å². The van der Waals surface area contributed by atoms with Gasteiger partial charge in [-0.15, -0.1) is 0 Å². The van der Waals surface area contributed by atoms with Crippen molar-refractivity contribution >= 4 is 18.1 Å². The number of carbonyl (C=O) groups excluding carboxylic acids is 3. The molecule has 2 aliphatic carbocycles. The predicted molar refractivity (Wildman–Crippen MR) is 143 cm³/mol. The molecule has 2 amide bonds. The van der Waals surface area contributed by atoms with Crippen LogP contribution in [0, 0.1) is 11.7 Å². The van der Waals surface area contributed by atoms with Crippen molar-refractivity contribution in [1.29, 1.82) is 0 Å². The molecule has 5 rings (SSSR count). The van der Waals surface area contributed by atoms with Gasteiger partial charge in [-0.25, -0.2) is 4.39 Å². The molecule has 9 nitrogen and oxygen atoms in total. The average molecular weight is 553 g/mol. The number of methoxy groups -OCH3 is 1. The number of benzene rings is 2. The van der Waals surface area contributed by atoms with E-state index in [9.17, 15) is 29.0 Å². The molecule has 1 saturated carbocycles. The van der Waals surface area contributed by atoms with Crippen molar-refractivity contribution < 1.29 is 38.5 Å². The summed E-state index contributed by atoms with van der Waals surface area (Å²) in [5, 5.41) is 23.7. The predicted octanol–water partition coefficient (Wildman–Crippen LogP) is 2.14. The second-order valence-electron chi connectivity index (χ2n) is 10.4. The standard InChI is InChI=1S/C30H33FN2O7/c1-39-24-14-18(16-35)13-21-25-22(29(37)32-9-11-34)15-23(26(36)28(25)40-27(21)24)33(30(38)19-5-3-6-19)10-8-17-4-2-7-20(31)12-17/h2,4,7,12-16,19,23,25-26,28,34,36H,3,5-6,8-11H2,1H3,(H,32,37). The van der Waals surface area contributed by atoms with Crippen molar-refractivity contribution in [3.8, 4) is 11.5 Å². The van der Waals surface area contributed by atoms with Crippen LogP contribution >= 0.6 is 0 Å². The van der Waals surface area contributed by atoms with Gasteiger partial charge in [0.15, 0.2) is 11.5 Å². The van der Waals surface area contributed by atoms with E-state index in [4.69, 9.17) is 9.47 Å². The van der Waals surface area contributed by atoms with Gasteiger partial charge in [-0.1, -0.05) is 18.6 Å². The van der Waals surface area contributed by atoms with Gasteiger partial charge in [0.25, 0.3) is 0 Å². The SMILES string of the molecule is COc1cc(C=O)cc2c1OC1C2C(C(=O)NCCO)=CC(N(CCc2cccc(F)c2)C(=O)C2CCC2)C1O. The molecule has 4 atom stereocenters. The third-order valence-corrected chi connectivity index (χ3v) is 8.04. The first-order chi connectivity index (χ1) is 19.4. The molecule has 40 heavy (non-hydrogen) atoms. The van der Waals surface area contributed by atoms with Crippen molar-refractivity contribution in [3.63, 3.8) is 0 Å². The molecule has 1 fully saturated rings. The van der Waals surface area contributed by atoms with Gasteiger partial charge in [0.1, 0.15) is 24.3 Å². The van der Waals surface area contributed by atoms with Gasteiger partial charge in [0, 0.05) is 35.7 Å². The molecular formula is C30H33FN2O7. The molecule has 4 unspecified atom stereocenters. The Kier molecular flexibility index (Phi) is 8.18. The van der Waals surface area contributed by atoms with Crippen LogP contribution in [0.4, 0.5) is 4.39 Å². The van der Waals surface area contributed by atoms with Crippen molar-refractivity contribution in [1.82, 2.24) is 10.2 Å². The number of amides is 2. The largest absolute Gasteiger partial charge is 0.493 e. The van der Waals surface area contributed by atoms with Crippen molar-refractivity contribution in [2.45, 2.75) is 49.9 Å². The number of aliphatic hydroxyl groups is 2. The van der Waals surface area contributed by atoms with Gasteiger partial charge in [-0.05, 0) is 55.2 Å². The molecule has 2 aromatic rings. The van der Waals surface area contributed by atoms with E-state index < -0.39 is 30.1 Å². The van der Waals surface area contributed by atoms with Crippen LogP contribution in [0.1, 0.15) is 46.7 Å². The van der Waals surface area contributed by atoms with Gasteiger partial charge < -0.3 is 29.9 Å². The minimum atomic E-state index is -1.22. The number of ether oxygens (including phenoxy) is 2. The summed E-state index contributed by atoms with van der Waals surface area (Å²) in [6.45, 7) is -0.0583. The van der Waals surface area contributed by atoms with E-state index in [1.54, 1.807) is 29.2 Å². The lowest BCUT2D eigenvalue weighted by molar-refractivity contribution is -0.144. The maximum Gasteiger partial charge on any atom is 0.247 e. The highest BCUT2D eigenvalue weighted by molar-refractivity contribution is 5.96. The number of nitrogens with zero attached hydrogens (tertiary/aromatic N) is 1. The van der Waals surface area contributed by atoms with Gasteiger partial charge in [0.2, 0.25) is 11.8 Å². The molecule has 0 spiro atoms. The number of hydrogen-bond donors (Lipinski definition) is 3. The monoisotopic (exact) mass is 552 g/mol. The molecule has 0 bridgehead atoms. The number of aldehydes is 1. The summed E-state index contributed by atoms with van der Waals surface area (Å²) < 4.78 is 25.5. The molecule has 2 aromatic carbocycles. The van der Waals surface area contributed by atoms with Gasteiger partial charge >= 0.3 is 0 Å². The molecule has 0 saturated heterocycles. The van der Waals surface area contributed by atoms with E-state index >= 15 is 0 Å². The second kappa shape index (κ2) is 11.8. The topological polar surface area (TPSA) is 125 Å². The van der Waals surface area contributed by atoms with Crippen LogP contribution in [0.2, 0.25) is 0 Å². The van der Waals surface area contributed by atoms with E-state index in [-0.39, 0.29) is 42.9 Å². The lowest BCUT2D eigenvalue weighted by atomic mass is 9.76. The van der Waals surface area contributed by atoms with E-state index in [2.05, 4.69) is 5.32 Å². The number of aliphatic hydroxyl groups excluding tert-OH is 2. The van der Waals surface area contributed by atoms with Crippen LogP contribution in [0.5, 0.6) is 11.5 Å². The van der Waals surface area contributed by atoms with Crippen molar-refractivity contribution in [3.05, 3.63) is 70.6 Å². The number of fused-ring (bicyclic) bond motifs is 3. The van der Waals surface area contributed by atoms with Crippen LogP contribution in [-0.2, 0) is 16.0 Å². The molecule has 0 radical (unpaired) electrons. The van der Waals surface area contributed by atoms with E-state index in [0.717, 1.165) is 19.3 Å². The molecular weight excluding hydrogens is 519 g/mol. The number of nitrogens with one attached hydrogen (secondary N) is 1. The summed E-state index contributed by atoms with van der Waals surface area (Å²) in [4.78, 5) is 40.3. The first-order valence-corrected chi connectivity index (χ1v) is 13.5. The van der Waals surface area contributed by atoms with Gasteiger partial charge in [0.05, 0.1) is 25.7 Å². The Labute approximate surface area is 231 Å². The third kappa shape index (κ3) is 5.21. The quantitative estimate of drug-likeness (QED) is 0.386. The Hall–Kier alpha value is -3.76. The summed E-state index contributed by atoms with van der Waals surface area (Å²) >= 11 is 0. The fourth-order valence-corrected chi connectivity index (χ4v) is 5.80. The van der Waals surface area contributed by atoms with E-state index in [0.29, 0.717) is 40.9 Å². The maximum absolute atomic E-state index is 13.9. The minimum Gasteiger partial charge on any atom is -0.493 e. The Bertz CT molecular complexity index is 1330. The number of halogens is 1. The zero-order valence-electron chi connectivity index (χ0n) is 22.2. The van der Waals surface area contributed by atoms with Crippen molar-refractivity contribution in [2.24, 2.45) is 5.92 Å². The molecule has 3 N–H and O–H groups in total. The maximum atomic E-state index is 13.9. The summed E-state index contributed by atoms with van der Waals surface area (Å²) in [6, 6.07) is 8.38. The van der Waals surface area contributed by atoms with Crippen LogP contribution < -0.4 is 14.8 Å².